The normalized spacial score (nSPS) is 18.1. The molecule has 0 aromatic heterocycles. The Hall–Kier alpha value is -3.53. The van der Waals surface area contributed by atoms with Gasteiger partial charge in [-0.2, -0.15) is 0 Å². The van der Waals surface area contributed by atoms with Crippen molar-refractivity contribution in [3.8, 4) is 0 Å². The molecule has 0 saturated carbocycles. The van der Waals surface area contributed by atoms with Gasteiger partial charge in [0.1, 0.15) is 12.6 Å². The van der Waals surface area contributed by atoms with Gasteiger partial charge in [-0.15, -0.1) is 0 Å². The molecule has 2 aliphatic rings. The second-order valence-corrected chi connectivity index (χ2v) is 6.59. The van der Waals surface area contributed by atoms with Crippen LogP contribution in [0.4, 0.5) is 5.69 Å². The SMILES string of the molecule is C=CC(=O)OCCOCCNc1cccc2c1C(=O)N(C1CCC(=O)NC1=O)C2=O. The molecule has 4 amide bonds. The number of anilines is 1. The van der Waals surface area contributed by atoms with E-state index < -0.39 is 35.6 Å². The highest BCUT2D eigenvalue weighted by Gasteiger charge is 2.45. The van der Waals surface area contributed by atoms with Crippen LogP contribution >= 0.6 is 0 Å². The molecule has 1 unspecified atom stereocenters. The van der Waals surface area contributed by atoms with E-state index >= 15 is 0 Å². The smallest absolute Gasteiger partial charge is 0.330 e. The van der Waals surface area contributed by atoms with Gasteiger partial charge in [-0.1, -0.05) is 12.6 Å². The van der Waals surface area contributed by atoms with Gasteiger partial charge in [0.15, 0.2) is 0 Å². The lowest BCUT2D eigenvalue weighted by atomic mass is 10.0. The van der Waals surface area contributed by atoms with Crippen LogP contribution in [0.1, 0.15) is 33.6 Å². The van der Waals surface area contributed by atoms with Crippen LogP contribution in [0.25, 0.3) is 0 Å². The highest BCUT2D eigenvalue weighted by Crippen LogP contribution is 2.32. The summed E-state index contributed by atoms with van der Waals surface area (Å²) in [7, 11) is 0. The minimum atomic E-state index is -1.01. The molecular weight excluding hydrogens is 394 g/mol. The second kappa shape index (κ2) is 9.31. The summed E-state index contributed by atoms with van der Waals surface area (Å²) in [6, 6.07) is 3.81. The van der Waals surface area contributed by atoms with E-state index in [0.717, 1.165) is 11.0 Å². The maximum absolute atomic E-state index is 12.9. The maximum atomic E-state index is 12.9. The van der Waals surface area contributed by atoms with Gasteiger partial charge in [0, 0.05) is 24.7 Å². The standard InChI is InChI=1S/C20H21N3O7/c1-2-16(25)30-11-10-29-9-8-21-13-5-3-4-12-17(13)20(28)23(19(12)27)14-6-7-15(24)22-18(14)26/h2-5,14,21H,1,6-11H2,(H,22,24,26). The summed E-state index contributed by atoms with van der Waals surface area (Å²) in [6.07, 6.45) is 1.23. The van der Waals surface area contributed by atoms with Crippen molar-refractivity contribution in [2.75, 3.05) is 31.7 Å². The molecule has 3 rings (SSSR count). The van der Waals surface area contributed by atoms with Crippen LogP contribution in [0.3, 0.4) is 0 Å². The van der Waals surface area contributed by atoms with Gasteiger partial charge < -0.3 is 14.8 Å². The Labute approximate surface area is 172 Å². The van der Waals surface area contributed by atoms with E-state index in [0.29, 0.717) is 12.2 Å². The quantitative estimate of drug-likeness (QED) is 0.254. The van der Waals surface area contributed by atoms with E-state index in [1.54, 1.807) is 12.1 Å². The number of nitrogens with one attached hydrogen (secondary N) is 2. The highest BCUT2D eigenvalue weighted by molar-refractivity contribution is 6.25. The lowest BCUT2D eigenvalue weighted by Crippen LogP contribution is -2.54. The molecule has 0 spiro atoms. The van der Waals surface area contributed by atoms with Crippen molar-refractivity contribution in [2.24, 2.45) is 0 Å². The molecule has 1 saturated heterocycles. The van der Waals surface area contributed by atoms with E-state index in [1.807, 2.05) is 0 Å². The molecule has 1 aromatic carbocycles. The van der Waals surface area contributed by atoms with Gasteiger partial charge in [-0.25, -0.2) is 4.79 Å². The Morgan fingerprint density at radius 2 is 2.00 bits per heavy atom. The van der Waals surface area contributed by atoms with Crippen LogP contribution in [0, 0.1) is 0 Å². The first-order valence-electron chi connectivity index (χ1n) is 9.39. The molecule has 1 fully saturated rings. The summed E-state index contributed by atoms with van der Waals surface area (Å²) >= 11 is 0. The number of imide groups is 2. The number of rotatable bonds is 9. The van der Waals surface area contributed by atoms with Crippen LogP contribution in [-0.4, -0.2) is 66.9 Å². The Balaban J connectivity index is 1.60. The molecule has 10 nitrogen and oxygen atoms in total. The molecule has 0 aliphatic carbocycles. The van der Waals surface area contributed by atoms with Crippen molar-refractivity contribution in [3.05, 3.63) is 42.0 Å². The van der Waals surface area contributed by atoms with Gasteiger partial charge in [0.2, 0.25) is 11.8 Å². The van der Waals surface area contributed by atoms with Gasteiger partial charge in [-0.3, -0.25) is 29.4 Å². The largest absolute Gasteiger partial charge is 0.460 e. The third-order valence-electron chi connectivity index (χ3n) is 4.67. The molecule has 2 heterocycles. The Bertz CT molecular complexity index is 912. The van der Waals surface area contributed by atoms with Crippen LogP contribution in [-0.2, 0) is 23.9 Å². The molecule has 1 atom stereocenters. The zero-order valence-electron chi connectivity index (χ0n) is 16.1. The Morgan fingerprint density at radius 1 is 1.20 bits per heavy atom. The first-order chi connectivity index (χ1) is 14.4. The predicted octanol–water partition coefficient (Wildman–Crippen LogP) is 0.246. The van der Waals surface area contributed by atoms with E-state index in [2.05, 4.69) is 17.2 Å². The molecule has 158 valence electrons. The van der Waals surface area contributed by atoms with Gasteiger partial charge >= 0.3 is 5.97 Å². The van der Waals surface area contributed by atoms with Crippen molar-refractivity contribution >= 4 is 35.3 Å². The predicted molar refractivity (Wildman–Crippen MR) is 104 cm³/mol. The first kappa shape index (κ1) is 21.2. The van der Waals surface area contributed by atoms with Crippen molar-refractivity contribution in [1.82, 2.24) is 10.2 Å². The first-order valence-corrected chi connectivity index (χ1v) is 9.39. The highest BCUT2D eigenvalue weighted by atomic mass is 16.6. The third-order valence-corrected chi connectivity index (χ3v) is 4.67. The van der Waals surface area contributed by atoms with Crippen LogP contribution in [0.15, 0.2) is 30.9 Å². The summed E-state index contributed by atoms with van der Waals surface area (Å²) in [5.41, 5.74) is 0.835. The van der Waals surface area contributed by atoms with Crippen molar-refractivity contribution in [1.29, 1.82) is 0 Å². The summed E-state index contributed by atoms with van der Waals surface area (Å²) in [5.74, 6) is -2.74. The fraction of sp³-hybridized carbons (Fsp3) is 0.350. The van der Waals surface area contributed by atoms with Crippen molar-refractivity contribution in [2.45, 2.75) is 18.9 Å². The fourth-order valence-corrected chi connectivity index (χ4v) is 3.28. The number of ether oxygens (including phenoxy) is 2. The fourth-order valence-electron chi connectivity index (χ4n) is 3.28. The number of hydrogen-bond acceptors (Lipinski definition) is 8. The zero-order chi connectivity index (χ0) is 21.7. The number of hydrogen-bond donors (Lipinski definition) is 2. The summed E-state index contributed by atoms with van der Waals surface area (Å²) in [6.45, 7) is 4.20. The molecule has 30 heavy (non-hydrogen) atoms. The lowest BCUT2D eigenvalue weighted by Gasteiger charge is -2.27. The van der Waals surface area contributed by atoms with E-state index in [-0.39, 0.29) is 43.8 Å². The molecule has 0 radical (unpaired) electrons. The van der Waals surface area contributed by atoms with E-state index in [1.165, 1.54) is 6.07 Å². The van der Waals surface area contributed by atoms with Crippen LogP contribution < -0.4 is 10.6 Å². The third kappa shape index (κ3) is 4.38. The Kier molecular flexibility index (Phi) is 6.58. The number of nitrogens with zero attached hydrogens (tertiary/aromatic N) is 1. The number of fused-ring (bicyclic) bond motifs is 1. The molecule has 10 heteroatoms. The molecule has 2 N–H and O–H groups in total. The number of benzene rings is 1. The van der Waals surface area contributed by atoms with Gasteiger partial charge in [0.25, 0.3) is 11.8 Å². The van der Waals surface area contributed by atoms with Crippen molar-refractivity contribution in [3.63, 3.8) is 0 Å². The molecule has 2 aliphatic heterocycles. The number of carbonyl (C=O) groups excluding carboxylic acids is 5. The van der Waals surface area contributed by atoms with Crippen molar-refractivity contribution < 1.29 is 33.4 Å². The summed E-state index contributed by atoms with van der Waals surface area (Å²) in [5, 5.41) is 5.21. The average Bonchev–Trinajstić information content (AvgIpc) is 2.98. The van der Waals surface area contributed by atoms with Gasteiger partial charge in [-0.05, 0) is 18.6 Å². The van der Waals surface area contributed by atoms with Crippen LogP contribution in [0.2, 0.25) is 0 Å². The second-order valence-electron chi connectivity index (χ2n) is 6.59. The van der Waals surface area contributed by atoms with Gasteiger partial charge in [0.05, 0.1) is 24.3 Å². The monoisotopic (exact) mass is 415 g/mol. The zero-order valence-corrected chi connectivity index (χ0v) is 16.1. The number of carbonyl (C=O) groups is 5. The minimum absolute atomic E-state index is 0.0639. The number of piperidine rings is 1. The number of amides is 4. The molecular formula is C20H21N3O7. The lowest BCUT2D eigenvalue weighted by molar-refractivity contribution is -0.139. The molecule has 0 bridgehead atoms. The maximum Gasteiger partial charge on any atom is 0.330 e. The number of esters is 1. The minimum Gasteiger partial charge on any atom is -0.460 e. The summed E-state index contributed by atoms with van der Waals surface area (Å²) < 4.78 is 10.1. The van der Waals surface area contributed by atoms with Crippen LogP contribution in [0.5, 0.6) is 0 Å². The summed E-state index contributed by atoms with van der Waals surface area (Å²) in [4.78, 5) is 61.0. The average molecular weight is 415 g/mol. The Morgan fingerprint density at radius 3 is 2.73 bits per heavy atom. The van der Waals surface area contributed by atoms with E-state index in [9.17, 15) is 24.0 Å². The van der Waals surface area contributed by atoms with E-state index in [4.69, 9.17) is 9.47 Å². The topological polar surface area (TPSA) is 131 Å². The molecule has 1 aromatic rings.